The Morgan fingerprint density at radius 1 is 1.62 bits per heavy atom. The zero-order valence-electron chi connectivity index (χ0n) is 7.23. The lowest BCUT2D eigenvalue weighted by Crippen LogP contribution is -2.03. The van der Waals surface area contributed by atoms with E-state index in [0.29, 0.717) is 18.2 Å². The van der Waals surface area contributed by atoms with E-state index in [4.69, 9.17) is 9.84 Å². The molecule has 0 unspecified atom stereocenters. The first-order valence-electron chi connectivity index (χ1n) is 3.88. The molecule has 0 radical (unpaired) electrons. The molecule has 0 saturated carbocycles. The molecule has 0 saturated heterocycles. The molecule has 0 aliphatic rings. The maximum Gasteiger partial charge on any atom is 0.309 e. The van der Waals surface area contributed by atoms with Gasteiger partial charge in [0.15, 0.2) is 0 Å². The second-order valence-electron chi connectivity index (χ2n) is 2.35. The van der Waals surface area contributed by atoms with Crippen LogP contribution in [0.25, 0.3) is 0 Å². The molecule has 1 rings (SSSR count). The molecule has 5 heteroatoms. The minimum atomic E-state index is -0.916. The van der Waals surface area contributed by atoms with Gasteiger partial charge in [-0.25, -0.2) is 9.97 Å². The zero-order valence-corrected chi connectivity index (χ0v) is 7.23. The second-order valence-corrected chi connectivity index (χ2v) is 2.35. The van der Waals surface area contributed by atoms with Crippen LogP contribution in [0.5, 0.6) is 5.88 Å². The molecular formula is C8H10N2O3. The average molecular weight is 182 g/mol. The molecule has 1 aromatic rings. The molecule has 1 heterocycles. The predicted molar refractivity (Wildman–Crippen MR) is 44.5 cm³/mol. The summed E-state index contributed by atoms with van der Waals surface area (Å²) in [6.07, 6.45) is 1.19. The van der Waals surface area contributed by atoms with Crippen molar-refractivity contribution >= 4 is 5.97 Å². The Hall–Kier alpha value is -1.65. The lowest BCUT2D eigenvalue weighted by Gasteiger charge is -2.01. The molecule has 0 amide bonds. The first-order chi connectivity index (χ1) is 6.22. The third kappa shape index (κ3) is 3.06. The van der Waals surface area contributed by atoms with Crippen LogP contribution in [0.4, 0.5) is 0 Å². The first kappa shape index (κ1) is 9.44. The monoisotopic (exact) mass is 182 g/mol. The fourth-order valence-corrected chi connectivity index (χ4v) is 0.855. The van der Waals surface area contributed by atoms with Gasteiger partial charge >= 0.3 is 5.97 Å². The summed E-state index contributed by atoms with van der Waals surface area (Å²) in [6, 6.07) is 1.53. The van der Waals surface area contributed by atoms with Crippen molar-refractivity contribution in [2.45, 2.75) is 13.3 Å². The lowest BCUT2D eigenvalue weighted by molar-refractivity contribution is -0.136. The highest BCUT2D eigenvalue weighted by Crippen LogP contribution is 2.06. The standard InChI is InChI=1S/C8H10N2O3/c1-2-13-7-3-6(4-8(11)12)9-5-10-7/h3,5H,2,4H2,1H3,(H,11,12). The number of carbonyl (C=O) groups is 1. The Morgan fingerprint density at radius 2 is 2.38 bits per heavy atom. The molecule has 0 aliphatic heterocycles. The van der Waals surface area contributed by atoms with Crippen molar-refractivity contribution in [3.8, 4) is 5.88 Å². The molecular weight excluding hydrogens is 172 g/mol. The van der Waals surface area contributed by atoms with E-state index in [9.17, 15) is 4.79 Å². The van der Waals surface area contributed by atoms with Gasteiger partial charge in [0.25, 0.3) is 0 Å². The van der Waals surface area contributed by atoms with E-state index in [0.717, 1.165) is 0 Å². The van der Waals surface area contributed by atoms with Gasteiger partial charge in [0.2, 0.25) is 5.88 Å². The molecule has 0 aliphatic carbocycles. The first-order valence-corrected chi connectivity index (χ1v) is 3.88. The summed E-state index contributed by atoms with van der Waals surface area (Å²) in [5.41, 5.74) is 0.450. The second kappa shape index (κ2) is 4.39. The van der Waals surface area contributed by atoms with Crippen molar-refractivity contribution in [3.63, 3.8) is 0 Å². The van der Waals surface area contributed by atoms with Crippen LogP contribution in [0, 0.1) is 0 Å². The van der Waals surface area contributed by atoms with Crippen LogP contribution in [-0.2, 0) is 11.2 Å². The van der Waals surface area contributed by atoms with E-state index in [1.807, 2.05) is 6.92 Å². The number of rotatable bonds is 4. The quantitative estimate of drug-likeness (QED) is 0.734. The SMILES string of the molecule is CCOc1cc(CC(=O)O)ncn1. The average Bonchev–Trinajstić information content (AvgIpc) is 2.04. The Morgan fingerprint density at radius 3 is 3.00 bits per heavy atom. The van der Waals surface area contributed by atoms with Gasteiger partial charge in [0.05, 0.1) is 18.7 Å². The third-order valence-corrected chi connectivity index (χ3v) is 1.32. The van der Waals surface area contributed by atoms with Crippen LogP contribution < -0.4 is 4.74 Å². The molecule has 0 aromatic carbocycles. The smallest absolute Gasteiger partial charge is 0.309 e. The largest absolute Gasteiger partial charge is 0.481 e. The van der Waals surface area contributed by atoms with E-state index < -0.39 is 5.97 Å². The zero-order chi connectivity index (χ0) is 9.68. The number of hydrogen-bond acceptors (Lipinski definition) is 4. The van der Waals surface area contributed by atoms with Crippen molar-refractivity contribution < 1.29 is 14.6 Å². The highest BCUT2D eigenvalue weighted by Gasteiger charge is 2.03. The summed E-state index contributed by atoms with van der Waals surface area (Å²) < 4.78 is 5.08. The van der Waals surface area contributed by atoms with Crippen LogP contribution in [0.3, 0.4) is 0 Å². The normalized spacial score (nSPS) is 9.62. The Labute approximate surface area is 75.4 Å². The topological polar surface area (TPSA) is 72.3 Å². The van der Waals surface area contributed by atoms with E-state index in [1.54, 1.807) is 0 Å². The van der Waals surface area contributed by atoms with Gasteiger partial charge in [-0.3, -0.25) is 4.79 Å². The molecule has 0 spiro atoms. The highest BCUT2D eigenvalue weighted by atomic mass is 16.5. The maximum atomic E-state index is 10.3. The molecule has 5 nitrogen and oxygen atoms in total. The molecule has 13 heavy (non-hydrogen) atoms. The maximum absolute atomic E-state index is 10.3. The van der Waals surface area contributed by atoms with Crippen molar-refractivity contribution in [1.29, 1.82) is 0 Å². The predicted octanol–water partition coefficient (Wildman–Crippen LogP) is 0.502. The molecule has 0 atom stereocenters. The van der Waals surface area contributed by atoms with Gasteiger partial charge in [-0.2, -0.15) is 0 Å². The van der Waals surface area contributed by atoms with Crippen molar-refractivity contribution in [1.82, 2.24) is 9.97 Å². The summed E-state index contributed by atoms with van der Waals surface area (Å²) in [7, 11) is 0. The van der Waals surface area contributed by atoms with Gasteiger partial charge in [-0.15, -0.1) is 0 Å². The number of hydrogen-bond donors (Lipinski definition) is 1. The Balaban J connectivity index is 2.73. The minimum Gasteiger partial charge on any atom is -0.481 e. The molecule has 1 N–H and O–H groups in total. The van der Waals surface area contributed by atoms with E-state index in [1.165, 1.54) is 12.4 Å². The van der Waals surface area contributed by atoms with Gasteiger partial charge < -0.3 is 9.84 Å². The molecule has 1 aromatic heterocycles. The number of carboxylic acid groups (broad SMARTS) is 1. The number of aromatic nitrogens is 2. The van der Waals surface area contributed by atoms with Crippen LogP contribution in [0.2, 0.25) is 0 Å². The van der Waals surface area contributed by atoms with Crippen molar-refractivity contribution in [3.05, 3.63) is 18.1 Å². The molecule has 0 fully saturated rings. The molecule has 0 bridgehead atoms. The Kier molecular flexibility index (Phi) is 3.19. The summed E-state index contributed by atoms with van der Waals surface area (Å²) in [6.45, 7) is 2.34. The van der Waals surface area contributed by atoms with E-state index >= 15 is 0 Å². The van der Waals surface area contributed by atoms with Gasteiger partial charge in [-0.05, 0) is 6.92 Å². The summed E-state index contributed by atoms with van der Waals surface area (Å²) in [4.78, 5) is 17.9. The minimum absolute atomic E-state index is 0.109. The van der Waals surface area contributed by atoms with Crippen LogP contribution in [0.15, 0.2) is 12.4 Å². The number of carboxylic acids is 1. The molecule has 70 valence electrons. The number of ether oxygens (including phenoxy) is 1. The third-order valence-electron chi connectivity index (χ3n) is 1.32. The van der Waals surface area contributed by atoms with Crippen LogP contribution in [0.1, 0.15) is 12.6 Å². The van der Waals surface area contributed by atoms with Gasteiger partial charge in [0.1, 0.15) is 6.33 Å². The summed E-state index contributed by atoms with van der Waals surface area (Å²) in [5, 5.41) is 8.49. The fraction of sp³-hybridized carbons (Fsp3) is 0.375. The van der Waals surface area contributed by atoms with Crippen LogP contribution >= 0.6 is 0 Å². The number of nitrogens with zero attached hydrogens (tertiary/aromatic N) is 2. The van der Waals surface area contributed by atoms with Crippen LogP contribution in [-0.4, -0.2) is 27.7 Å². The van der Waals surface area contributed by atoms with E-state index in [-0.39, 0.29) is 6.42 Å². The fourth-order valence-electron chi connectivity index (χ4n) is 0.855. The van der Waals surface area contributed by atoms with Gasteiger partial charge in [-0.1, -0.05) is 0 Å². The highest BCUT2D eigenvalue weighted by molar-refractivity contribution is 5.69. The Bertz CT molecular complexity index is 301. The summed E-state index contributed by atoms with van der Waals surface area (Å²) in [5.74, 6) is -0.505. The lowest BCUT2D eigenvalue weighted by atomic mass is 10.3. The van der Waals surface area contributed by atoms with Crippen molar-refractivity contribution in [2.75, 3.05) is 6.61 Å². The van der Waals surface area contributed by atoms with Crippen molar-refractivity contribution in [2.24, 2.45) is 0 Å². The van der Waals surface area contributed by atoms with E-state index in [2.05, 4.69) is 9.97 Å². The number of aliphatic carboxylic acids is 1. The van der Waals surface area contributed by atoms with Gasteiger partial charge in [0, 0.05) is 6.07 Å². The summed E-state index contributed by atoms with van der Waals surface area (Å²) >= 11 is 0.